The second-order valence-corrected chi connectivity index (χ2v) is 12.7. The molecule has 0 aromatic heterocycles. The molecule has 1 heterocycles. The zero-order chi connectivity index (χ0) is 31.7. The molecule has 1 aliphatic heterocycles. The topological polar surface area (TPSA) is 149 Å². The lowest BCUT2D eigenvalue weighted by molar-refractivity contribution is -0.302. The summed E-state index contributed by atoms with van der Waals surface area (Å²) in [6.45, 7) is 3.64. The summed E-state index contributed by atoms with van der Waals surface area (Å²) in [5.74, 6) is -0.169. The number of ether oxygens (including phenoxy) is 2. The SMILES string of the molecule is CCCCCCCCCCCCCCCCCCCC(O)C(COC1OC(CO)C(O)C(O)C1O)NC(=O)CCCCC. The summed E-state index contributed by atoms with van der Waals surface area (Å²) in [5.41, 5.74) is 0. The number of hydrogen-bond donors (Lipinski definition) is 6. The Balaban J connectivity index is 2.27. The highest BCUT2D eigenvalue weighted by atomic mass is 16.7. The summed E-state index contributed by atoms with van der Waals surface area (Å²) in [4.78, 5) is 12.5. The van der Waals surface area contributed by atoms with Crippen molar-refractivity contribution in [3.63, 3.8) is 0 Å². The molecule has 0 radical (unpaired) electrons. The van der Waals surface area contributed by atoms with Gasteiger partial charge in [0.2, 0.25) is 5.91 Å². The van der Waals surface area contributed by atoms with Crippen LogP contribution >= 0.6 is 0 Å². The molecule has 0 aliphatic carbocycles. The molecule has 256 valence electrons. The number of carbonyl (C=O) groups excluding carboxylic acids is 1. The van der Waals surface area contributed by atoms with Gasteiger partial charge in [0.1, 0.15) is 24.4 Å². The van der Waals surface area contributed by atoms with Gasteiger partial charge in [-0.3, -0.25) is 4.79 Å². The summed E-state index contributed by atoms with van der Waals surface area (Å²) in [6.07, 6.45) is 17.6. The number of nitrogens with one attached hydrogen (secondary N) is 1. The maximum atomic E-state index is 12.5. The fourth-order valence-electron chi connectivity index (χ4n) is 5.75. The molecule has 1 fully saturated rings. The van der Waals surface area contributed by atoms with Gasteiger partial charge in [-0.2, -0.15) is 0 Å². The monoisotopic (exact) mass is 617 g/mol. The van der Waals surface area contributed by atoms with Gasteiger partial charge in [0.05, 0.1) is 25.4 Å². The fourth-order valence-corrected chi connectivity index (χ4v) is 5.75. The molecule has 0 aromatic carbocycles. The van der Waals surface area contributed by atoms with Crippen LogP contribution in [0.25, 0.3) is 0 Å². The summed E-state index contributed by atoms with van der Waals surface area (Å²) in [5, 5.41) is 53.5. The molecular formula is C34H67NO8. The molecule has 1 rings (SSSR count). The molecule has 7 unspecified atom stereocenters. The molecule has 0 saturated carbocycles. The number of hydrogen-bond acceptors (Lipinski definition) is 8. The third kappa shape index (κ3) is 18.7. The van der Waals surface area contributed by atoms with Crippen molar-refractivity contribution in [2.24, 2.45) is 0 Å². The van der Waals surface area contributed by atoms with Crippen LogP contribution < -0.4 is 5.32 Å². The molecule has 0 bridgehead atoms. The Morgan fingerprint density at radius 2 is 1.16 bits per heavy atom. The minimum atomic E-state index is -1.54. The van der Waals surface area contributed by atoms with E-state index < -0.39 is 49.5 Å². The number of rotatable bonds is 28. The lowest BCUT2D eigenvalue weighted by atomic mass is 9.99. The van der Waals surface area contributed by atoms with Crippen molar-refractivity contribution in [1.29, 1.82) is 0 Å². The summed E-state index contributed by atoms with van der Waals surface area (Å²) in [7, 11) is 0. The molecule has 7 atom stereocenters. The fraction of sp³-hybridized carbons (Fsp3) is 0.971. The lowest BCUT2D eigenvalue weighted by Crippen LogP contribution is -2.60. The molecular weight excluding hydrogens is 550 g/mol. The summed E-state index contributed by atoms with van der Waals surface area (Å²) >= 11 is 0. The Bertz CT molecular complexity index is 652. The van der Waals surface area contributed by atoms with Gasteiger partial charge in [-0.25, -0.2) is 0 Å². The second kappa shape index (κ2) is 26.4. The first-order valence-electron chi connectivity index (χ1n) is 17.7. The molecule has 0 spiro atoms. The van der Waals surface area contributed by atoms with Crippen LogP contribution in [0, 0.1) is 0 Å². The van der Waals surface area contributed by atoms with E-state index in [2.05, 4.69) is 19.2 Å². The third-order valence-corrected chi connectivity index (χ3v) is 8.71. The molecule has 6 N–H and O–H groups in total. The first-order valence-corrected chi connectivity index (χ1v) is 17.7. The number of carbonyl (C=O) groups is 1. The van der Waals surface area contributed by atoms with Gasteiger partial charge in [-0.1, -0.05) is 136 Å². The van der Waals surface area contributed by atoms with Gasteiger partial charge in [0, 0.05) is 6.42 Å². The van der Waals surface area contributed by atoms with E-state index in [-0.39, 0.29) is 12.5 Å². The predicted octanol–water partition coefficient (Wildman–Crippen LogP) is 5.27. The number of amides is 1. The van der Waals surface area contributed by atoms with Gasteiger partial charge in [0.25, 0.3) is 0 Å². The van der Waals surface area contributed by atoms with Crippen LogP contribution in [0.5, 0.6) is 0 Å². The van der Waals surface area contributed by atoms with Gasteiger partial charge in [0.15, 0.2) is 6.29 Å². The maximum Gasteiger partial charge on any atom is 0.220 e. The van der Waals surface area contributed by atoms with Gasteiger partial charge < -0.3 is 40.3 Å². The average Bonchev–Trinajstić information content (AvgIpc) is 3.00. The van der Waals surface area contributed by atoms with Crippen molar-refractivity contribution in [1.82, 2.24) is 5.32 Å². The Morgan fingerprint density at radius 3 is 1.65 bits per heavy atom. The lowest BCUT2D eigenvalue weighted by Gasteiger charge is -2.40. The van der Waals surface area contributed by atoms with Gasteiger partial charge in [-0.15, -0.1) is 0 Å². The molecule has 1 aliphatic rings. The normalized spacial score (nSPS) is 23.7. The molecule has 43 heavy (non-hydrogen) atoms. The van der Waals surface area contributed by atoms with Crippen molar-refractivity contribution in [3.8, 4) is 0 Å². The first-order chi connectivity index (χ1) is 20.8. The Labute approximate surface area is 262 Å². The summed E-state index contributed by atoms with van der Waals surface area (Å²) in [6, 6.07) is -0.706. The zero-order valence-electron chi connectivity index (χ0n) is 27.5. The van der Waals surface area contributed by atoms with E-state index >= 15 is 0 Å². The van der Waals surface area contributed by atoms with Crippen LogP contribution in [0.1, 0.15) is 155 Å². The van der Waals surface area contributed by atoms with Gasteiger partial charge in [-0.05, 0) is 12.8 Å². The standard InChI is InChI=1S/C34H67NO8/c1-3-5-7-8-9-10-11-12-13-14-15-16-17-18-19-20-22-23-28(37)27(35-30(38)24-21-6-4-2)26-42-34-33(41)32(40)31(39)29(25-36)43-34/h27-29,31-34,36-37,39-41H,3-26H2,1-2H3,(H,35,38). The smallest absolute Gasteiger partial charge is 0.220 e. The van der Waals surface area contributed by atoms with Crippen LogP contribution in [0.15, 0.2) is 0 Å². The van der Waals surface area contributed by atoms with Crippen LogP contribution in [0.2, 0.25) is 0 Å². The summed E-state index contributed by atoms with van der Waals surface area (Å²) < 4.78 is 11.1. The van der Waals surface area contributed by atoms with E-state index in [0.717, 1.165) is 38.5 Å². The minimum Gasteiger partial charge on any atom is -0.394 e. The largest absolute Gasteiger partial charge is 0.394 e. The van der Waals surface area contributed by atoms with E-state index in [1.807, 2.05) is 0 Å². The highest BCUT2D eigenvalue weighted by Gasteiger charge is 2.44. The highest BCUT2D eigenvalue weighted by Crippen LogP contribution is 2.23. The quantitative estimate of drug-likeness (QED) is 0.0651. The van der Waals surface area contributed by atoms with Gasteiger partial charge >= 0.3 is 0 Å². The molecule has 1 amide bonds. The van der Waals surface area contributed by atoms with E-state index in [9.17, 15) is 30.3 Å². The number of aliphatic hydroxyl groups excluding tert-OH is 5. The second-order valence-electron chi connectivity index (χ2n) is 12.7. The van der Waals surface area contributed by atoms with E-state index in [4.69, 9.17) is 9.47 Å². The van der Waals surface area contributed by atoms with E-state index in [0.29, 0.717) is 12.8 Å². The molecule has 0 aromatic rings. The van der Waals surface area contributed by atoms with Crippen molar-refractivity contribution in [2.45, 2.75) is 198 Å². The zero-order valence-corrected chi connectivity index (χ0v) is 27.5. The highest BCUT2D eigenvalue weighted by molar-refractivity contribution is 5.76. The van der Waals surface area contributed by atoms with Crippen LogP contribution in [-0.4, -0.2) is 87.5 Å². The van der Waals surface area contributed by atoms with E-state index in [1.165, 1.54) is 89.9 Å². The predicted molar refractivity (Wildman–Crippen MR) is 171 cm³/mol. The molecule has 9 heteroatoms. The van der Waals surface area contributed by atoms with Crippen molar-refractivity contribution >= 4 is 5.91 Å². The van der Waals surface area contributed by atoms with Crippen LogP contribution in [0.3, 0.4) is 0 Å². The van der Waals surface area contributed by atoms with Crippen LogP contribution in [-0.2, 0) is 14.3 Å². The molecule has 1 saturated heterocycles. The van der Waals surface area contributed by atoms with Crippen molar-refractivity contribution in [2.75, 3.05) is 13.2 Å². The van der Waals surface area contributed by atoms with Crippen LogP contribution in [0.4, 0.5) is 0 Å². The van der Waals surface area contributed by atoms with Crippen molar-refractivity contribution in [3.05, 3.63) is 0 Å². The first kappa shape index (κ1) is 40.2. The minimum absolute atomic E-state index is 0.137. The number of aliphatic hydroxyl groups is 5. The average molecular weight is 618 g/mol. The Hall–Kier alpha value is -0.810. The van der Waals surface area contributed by atoms with Crippen molar-refractivity contribution < 1.29 is 39.8 Å². The number of unbranched alkanes of at least 4 members (excludes halogenated alkanes) is 18. The maximum absolute atomic E-state index is 12.5. The Kier molecular flexibility index (Phi) is 24.7. The van der Waals surface area contributed by atoms with E-state index in [1.54, 1.807) is 0 Å². The third-order valence-electron chi connectivity index (χ3n) is 8.71. The Morgan fingerprint density at radius 1 is 0.698 bits per heavy atom. The molecule has 9 nitrogen and oxygen atoms in total.